The van der Waals surface area contributed by atoms with Gasteiger partial charge in [-0.2, -0.15) is 0 Å². The van der Waals surface area contributed by atoms with Crippen molar-refractivity contribution in [1.82, 2.24) is 10.3 Å². The lowest BCUT2D eigenvalue weighted by molar-refractivity contribution is -0.125. The second-order valence-corrected chi connectivity index (χ2v) is 7.30. The van der Waals surface area contributed by atoms with Gasteiger partial charge in [-0.25, -0.2) is 14.2 Å². The lowest BCUT2D eigenvalue weighted by Crippen LogP contribution is -2.32. The predicted molar refractivity (Wildman–Crippen MR) is 110 cm³/mol. The van der Waals surface area contributed by atoms with Crippen molar-refractivity contribution in [3.8, 4) is 10.6 Å². The van der Waals surface area contributed by atoms with Crippen LogP contribution in [-0.2, 0) is 9.53 Å². The first-order valence-corrected chi connectivity index (χ1v) is 10.2. The molecular weight excluding hydrogens is 391 g/mol. The summed E-state index contributed by atoms with van der Waals surface area (Å²) in [5, 5.41) is 5.04. The number of ether oxygens (including phenoxy) is 1. The lowest BCUT2D eigenvalue weighted by Gasteiger charge is -2.18. The normalized spacial score (nSPS) is 11.7. The molecule has 1 heterocycles. The molecule has 0 saturated heterocycles. The van der Waals surface area contributed by atoms with Crippen molar-refractivity contribution in [2.24, 2.45) is 0 Å². The van der Waals surface area contributed by atoms with E-state index < -0.39 is 5.97 Å². The molecule has 2 aromatic carbocycles. The minimum Gasteiger partial charge on any atom is -0.451 e. The van der Waals surface area contributed by atoms with Gasteiger partial charge in [-0.3, -0.25) is 4.79 Å². The van der Waals surface area contributed by atoms with E-state index in [9.17, 15) is 14.0 Å². The Morgan fingerprint density at radius 1 is 1.14 bits per heavy atom. The highest BCUT2D eigenvalue weighted by molar-refractivity contribution is 7.13. The number of nitrogens with one attached hydrogen (secondary N) is 1. The fourth-order valence-corrected chi connectivity index (χ4v) is 3.63. The third-order valence-corrected chi connectivity index (χ3v) is 5.14. The maximum absolute atomic E-state index is 13.0. The predicted octanol–water partition coefficient (Wildman–Crippen LogP) is 4.76. The number of benzene rings is 2. The maximum Gasteiger partial charge on any atom is 0.358 e. The number of aromatic nitrogens is 1. The van der Waals surface area contributed by atoms with Crippen LogP contribution >= 0.6 is 11.3 Å². The molecule has 0 saturated carbocycles. The van der Waals surface area contributed by atoms with Gasteiger partial charge >= 0.3 is 5.97 Å². The fraction of sp³-hybridized carbons (Fsp3) is 0.227. The number of rotatable bonds is 8. The average molecular weight is 412 g/mol. The summed E-state index contributed by atoms with van der Waals surface area (Å²) in [6, 6.07) is 15.4. The van der Waals surface area contributed by atoms with Crippen LogP contribution in [0.5, 0.6) is 0 Å². The summed E-state index contributed by atoms with van der Waals surface area (Å²) < 4.78 is 18.1. The average Bonchev–Trinajstić information content (AvgIpc) is 3.23. The van der Waals surface area contributed by atoms with Crippen LogP contribution in [0.1, 0.15) is 41.9 Å². The summed E-state index contributed by atoms with van der Waals surface area (Å²) in [6.45, 7) is 1.67. The molecular formula is C22H21FN2O3S. The van der Waals surface area contributed by atoms with Gasteiger partial charge in [-0.1, -0.05) is 43.7 Å². The highest BCUT2D eigenvalue weighted by atomic mass is 32.1. The number of amides is 1. The van der Waals surface area contributed by atoms with Gasteiger partial charge in [0, 0.05) is 10.9 Å². The summed E-state index contributed by atoms with van der Waals surface area (Å²) in [4.78, 5) is 28.7. The topological polar surface area (TPSA) is 68.3 Å². The summed E-state index contributed by atoms with van der Waals surface area (Å²) >= 11 is 1.25. The SMILES string of the molecule is CCC[C@H](NC(=O)COC(=O)c1csc(-c2ccc(F)cc2)n1)c1ccccc1. The summed E-state index contributed by atoms with van der Waals surface area (Å²) in [7, 11) is 0. The Bertz CT molecular complexity index is 958. The minimum atomic E-state index is -0.670. The van der Waals surface area contributed by atoms with Gasteiger partial charge in [0.1, 0.15) is 10.8 Å². The molecule has 0 unspecified atom stereocenters. The largest absolute Gasteiger partial charge is 0.451 e. The molecule has 0 aliphatic carbocycles. The molecule has 0 fully saturated rings. The van der Waals surface area contributed by atoms with E-state index in [1.807, 2.05) is 37.3 Å². The zero-order valence-electron chi connectivity index (χ0n) is 15.9. The van der Waals surface area contributed by atoms with E-state index in [-0.39, 0.29) is 30.1 Å². The highest BCUT2D eigenvalue weighted by Crippen LogP contribution is 2.24. The zero-order chi connectivity index (χ0) is 20.6. The van der Waals surface area contributed by atoms with Crippen LogP contribution in [0.25, 0.3) is 10.6 Å². The Hall–Kier alpha value is -3.06. The van der Waals surface area contributed by atoms with Crippen LogP contribution in [0.2, 0.25) is 0 Å². The van der Waals surface area contributed by atoms with Crippen LogP contribution < -0.4 is 5.32 Å². The molecule has 0 spiro atoms. The molecule has 3 aromatic rings. The maximum atomic E-state index is 13.0. The zero-order valence-corrected chi connectivity index (χ0v) is 16.7. The van der Waals surface area contributed by atoms with Gasteiger partial charge < -0.3 is 10.1 Å². The molecule has 0 bridgehead atoms. The Balaban J connectivity index is 1.56. The first-order valence-electron chi connectivity index (χ1n) is 9.29. The van der Waals surface area contributed by atoms with Crippen molar-refractivity contribution in [2.75, 3.05) is 6.61 Å². The fourth-order valence-electron chi connectivity index (χ4n) is 2.83. The summed E-state index contributed by atoms with van der Waals surface area (Å²) in [6.07, 6.45) is 1.70. The number of halogens is 1. The molecule has 29 heavy (non-hydrogen) atoms. The van der Waals surface area contributed by atoms with Crippen LogP contribution in [0.15, 0.2) is 60.0 Å². The number of carbonyl (C=O) groups excluding carboxylic acids is 2. The van der Waals surface area contributed by atoms with Gasteiger partial charge in [-0.05, 0) is 36.2 Å². The Kier molecular flexibility index (Phi) is 7.08. The summed E-state index contributed by atoms with van der Waals surface area (Å²) in [5.41, 5.74) is 1.84. The first kappa shape index (κ1) is 20.7. The lowest BCUT2D eigenvalue weighted by atomic mass is 10.0. The smallest absolute Gasteiger partial charge is 0.358 e. The third-order valence-electron chi connectivity index (χ3n) is 4.25. The number of hydrogen-bond acceptors (Lipinski definition) is 5. The van der Waals surface area contributed by atoms with Crippen molar-refractivity contribution in [1.29, 1.82) is 0 Å². The molecule has 150 valence electrons. The molecule has 1 N–H and O–H groups in total. The number of esters is 1. The number of carbonyl (C=O) groups is 2. The van der Waals surface area contributed by atoms with E-state index in [2.05, 4.69) is 10.3 Å². The van der Waals surface area contributed by atoms with Crippen LogP contribution in [-0.4, -0.2) is 23.5 Å². The van der Waals surface area contributed by atoms with Gasteiger partial charge in [-0.15, -0.1) is 11.3 Å². The van der Waals surface area contributed by atoms with Crippen molar-refractivity contribution in [2.45, 2.75) is 25.8 Å². The Morgan fingerprint density at radius 2 is 1.86 bits per heavy atom. The molecule has 5 nitrogen and oxygen atoms in total. The molecule has 0 aliphatic heterocycles. The standard InChI is InChI=1S/C22H21FN2O3S/c1-2-6-18(15-7-4-3-5-8-15)24-20(26)13-28-22(27)19-14-29-21(25-19)16-9-11-17(23)12-10-16/h3-5,7-12,14,18H,2,6,13H2,1H3,(H,24,26)/t18-/m0/s1. The summed E-state index contributed by atoms with van der Waals surface area (Å²) in [5.74, 6) is -1.38. The van der Waals surface area contributed by atoms with Gasteiger partial charge in [0.2, 0.25) is 0 Å². The van der Waals surface area contributed by atoms with Crippen molar-refractivity contribution >= 4 is 23.2 Å². The molecule has 1 aromatic heterocycles. The van der Waals surface area contributed by atoms with Crippen LogP contribution in [0.4, 0.5) is 4.39 Å². The van der Waals surface area contributed by atoms with Crippen molar-refractivity contribution in [3.63, 3.8) is 0 Å². The molecule has 0 radical (unpaired) electrons. The Morgan fingerprint density at radius 3 is 2.55 bits per heavy atom. The second kappa shape index (κ2) is 9.93. The van der Waals surface area contributed by atoms with Crippen molar-refractivity contribution < 1.29 is 18.7 Å². The number of hydrogen-bond donors (Lipinski definition) is 1. The van der Waals surface area contributed by atoms with E-state index in [0.29, 0.717) is 10.6 Å². The highest BCUT2D eigenvalue weighted by Gasteiger charge is 2.17. The van der Waals surface area contributed by atoms with Crippen molar-refractivity contribution in [3.05, 3.63) is 77.1 Å². The quantitative estimate of drug-likeness (QED) is 0.542. The minimum absolute atomic E-state index is 0.121. The van der Waals surface area contributed by atoms with Gasteiger partial charge in [0.25, 0.3) is 5.91 Å². The van der Waals surface area contributed by atoms with Crippen LogP contribution in [0.3, 0.4) is 0 Å². The molecule has 0 aliphatic rings. The first-order chi connectivity index (χ1) is 14.1. The van der Waals surface area contributed by atoms with Gasteiger partial charge in [0.05, 0.1) is 6.04 Å². The third kappa shape index (κ3) is 5.71. The second-order valence-electron chi connectivity index (χ2n) is 6.44. The van der Waals surface area contributed by atoms with Crippen LogP contribution in [0, 0.1) is 5.82 Å². The van der Waals surface area contributed by atoms with Gasteiger partial charge in [0.15, 0.2) is 12.3 Å². The van der Waals surface area contributed by atoms with E-state index in [1.165, 1.54) is 23.5 Å². The molecule has 3 rings (SSSR count). The van der Waals surface area contributed by atoms with E-state index in [0.717, 1.165) is 18.4 Å². The molecule has 7 heteroatoms. The van der Waals surface area contributed by atoms with E-state index >= 15 is 0 Å². The Labute approximate surface area is 172 Å². The number of nitrogens with zero attached hydrogens (tertiary/aromatic N) is 1. The van der Waals surface area contributed by atoms with E-state index in [1.54, 1.807) is 17.5 Å². The monoisotopic (exact) mass is 412 g/mol. The van der Waals surface area contributed by atoms with E-state index in [4.69, 9.17) is 4.74 Å². The number of thiazole rings is 1. The molecule has 1 atom stereocenters. The molecule has 1 amide bonds.